The number of hydrogen-bond acceptors (Lipinski definition) is 2. The Bertz CT molecular complexity index is 357. The molecule has 1 amide bonds. The van der Waals surface area contributed by atoms with Crippen LogP contribution in [0.1, 0.15) is 46.5 Å². The van der Waals surface area contributed by atoms with Gasteiger partial charge in [0.1, 0.15) is 0 Å². The first-order valence-corrected chi connectivity index (χ1v) is 7.91. The standard InChI is InChI=1S/C16H28N2O/c1-16(2,3)7-11(8-17)15(19)18-14-12-9-4-5-10(6-9)13(12)14/h9-14H,4-8,17H2,1-3H3,(H,18,19). The van der Waals surface area contributed by atoms with Crippen LogP contribution in [0, 0.1) is 35.0 Å². The third-order valence-corrected chi connectivity index (χ3v) is 5.56. The number of nitrogens with two attached hydrogens (primary N) is 1. The Labute approximate surface area is 116 Å². The fraction of sp³-hybridized carbons (Fsp3) is 0.938. The molecule has 0 spiro atoms. The lowest BCUT2D eigenvalue weighted by atomic mass is 9.84. The van der Waals surface area contributed by atoms with Crippen LogP contribution in [0.4, 0.5) is 0 Å². The van der Waals surface area contributed by atoms with E-state index in [4.69, 9.17) is 5.73 Å². The van der Waals surface area contributed by atoms with E-state index in [-0.39, 0.29) is 17.2 Å². The number of fused-ring (bicyclic) bond motifs is 5. The molecular weight excluding hydrogens is 236 g/mol. The summed E-state index contributed by atoms with van der Waals surface area (Å²) >= 11 is 0. The number of rotatable bonds is 4. The first-order valence-electron chi connectivity index (χ1n) is 7.91. The quantitative estimate of drug-likeness (QED) is 0.817. The molecular formula is C16H28N2O. The number of amides is 1. The second kappa shape index (κ2) is 4.47. The first kappa shape index (κ1) is 13.4. The average molecular weight is 264 g/mol. The van der Waals surface area contributed by atoms with E-state index in [0.29, 0.717) is 12.6 Å². The third kappa shape index (κ3) is 2.42. The number of hydrogen-bond donors (Lipinski definition) is 2. The van der Waals surface area contributed by atoms with Gasteiger partial charge in [0.15, 0.2) is 0 Å². The number of carbonyl (C=O) groups excluding carboxylic acids is 1. The normalized spacial score (nSPS) is 40.9. The van der Waals surface area contributed by atoms with Crippen LogP contribution in [0.2, 0.25) is 0 Å². The molecule has 3 fully saturated rings. The fourth-order valence-corrected chi connectivity index (χ4v) is 4.82. The minimum atomic E-state index is -0.0148. The number of nitrogens with one attached hydrogen (secondary N) is 1. The molecule has 0 aliphatic heterocycles. The summed E-state index contributed by atoms with van der Waals surface area (Å²) < 4.78 is 0. The van der Waals surface area contributed by atoms with Gasteiger partial charge in [-0.2, -0.15) is 0 Å². The van der Waals surface area contributed by atoms with Crippen molar-refractivity contribution in [3.8, 4) is 0 Å². The van der Waals surface area contributed by atoms with Gasteiger partial charge in [0.05, 0.1) is 5.92 Å². The van der Waals surface area contributed by atoms with E-state index in [9.17, 15) is 4.79 Å². The first-order chi connectivity index (χ1) is 8.90. The maximum absolute atomic E-state index is 12.4. The molecule has 0 radical (unpaired) electrons. The monoisotopic (exact) mass is 264 g/mol. The zero-order valence-electron chi connectivity index (χ0n) is 12.5. The Hall–Kier alpha value is -0.570. The minimum Gasteiger partial charge on any atom is -0.352 e. The maximum Gasteiger partial charge on any atom is 0.224 e. The molecule has 3 nitrogen and oxygen atoms in total. The van der Waals surface area contributed by atoms with Crippen molar-refractivity contribution in [1.29, 1.82) is 0 Å². The minimum absolute atomic E-state index is 0.0148. The zero-order valence-corrected chi connectivity index (χ0v) is 12.5. The highest BCUT2D eigenvalue weighted by atomic mass is 16.2. The van der Waals surface area contributed by atoms with Crippen molar-refractivity contribution < 1.29 is 4.79 Å². The molecule has 3 saturated carbocycles. The van der Waals surface area contributed by atoms with Gasteiger partial charge < -0.3 is 11.1 Å². The summed E-state index contributed by atoms with van der Waals surface area (Å²) in [5.74, 6) is 3.65. The van der Waals surface area contributed by atoms with Gasteiger partial charge in [-0.15, -0.1) is 0 Å². The van der Waals surface area contributed by atoms with E-state index in [1.807, 2.05) is 0 Å². The number of carbonyl (C=O) groups is 1. The SMILES string of the molecule is CC(C)(C)CC(CN)C(=O)NC1C2C3CCC(C3)C12. The average Bonchev–Trinajstić information content (AvgIpc) is 2.72. The van der Waals surface area contributed by atoms with Gasteiger partial charge in [0, 0.05) is 12.6 Å². The molecule has 0 aromatic rings. The van der Waals surface area contributed by atoms with Crippen molar-refractivity contribution in [3.05, 3.63) is 0 Å². The summed E-state index contributed by atoms with van der Waals surface area (Å²) in [6.45, 7) is 7.00. The second-order valence-electron chi connectivity index (χ2n) is 8.22. The molecule has 0 aromatic heterocycles. The van der Waals surface area contributed by atoms with Crippen LogP contribution in [-0.4, -0.2) is 18.5 Å². The molecule has 3 heteroatoms. The maximum atomic E-state index is 12.4. The van der Waals surface area contributed by atoms with E-state index in [2.05, 4.69) is 26.1 Å². The van der Waals surface area contributed by atoms with Crippen LogP contribution in [0.15, 0.2) is 0 Å². The van der Waals surface area contributed by atoms with Crippen LogP contribution in [0.3, 0.4) is 0 Å². The van der Waals surface area contributed by atoms with E-state index < -0.39 is 0 Å². The Kier molecular flexibility index (Phi) is 3.16. The molecule has 5 atom stereocenters. The van der Waals surface area contributed by atoms with Crippen LogP contribution >= 0.6 is 0 Å². The van der Waals surface area contributed by atoms with Gasteiger partial charge in [-0.1, -0.05) is 20.8 Å². The smallest absolute Gasteiger partial charge is 0.224 e. The van der Waals surface area contributed by atoms with Crippen molar-refractivity contribution in [2.75, 3.05) is 6.54 Å². The molecule has 0 aromatic carbocycles. The zero-order chi connectivity index (χ0) is 13.8. The third-order valence-electron chi connectivity index (χ3n) is 5.56. The lowest BCUT2D eigenvalue weighted by molar-refractivity contribution is -0.126. The van der Waals surface area contributed by atoms with E-state index in [0.717, 1.165) is 30.1 Å². The molecule has 3 aliphatic rings. The summed E-state index contributed by atoms with van der Waals surface area (Å²) in [6, 6.07) is 0.493. The topological polar surface area (TPSA) is 55.1 Å². The largest absolute Gasteiger partial charge is 0.352 e. The lowest BCUT2D eigenvalue weighted by Gasteiger charge is -2.25. The summed E-state index contributed by atoms with van der Waals surface area (Å²) in [5, 5.41) is 3.31. The molecule has 19 heavy (non-hydrogen) atoms. The Morgan fingerprint density at radius 2 is 1.84 bits per heavy atom. The molecule has 2 bridgehead atoms. The highest BCUT2D eigenvalue weighted by Gasteiger charge is 2.65. The second-order valence-corrected chi connectivity index (χ2v) is 8.22. The summed E-state index contributed by atoms with van der Waals surface area (Å²) in [6.07, 6.45) is 5.12. The molecule has 3 N–H and O–H groups in total. The summed E-state index contributed by atoms with van der Waals surface area (Å²) in [7, 11) is 0. The Balaban J connectivity index is 1.54. The van der Waals surface area contributed by atoms with Gasteiger partial charge in [-0.25, -0.2) is 0 Å². The Morgan fingerprint density at radius 1 is 1.26 bits per heavy atom. The summed E-state index contributed by atoms with van der Waals surface area (Å²) in [4.78, 5) is 12.4. The molecule has 0 heterocycles. The van der Waals surface area contributed by atoms with Crippen molar-refractivity contribution >= 4 is 5.91 Å². The van der Waals surface area contributed by atoms with Crippen molar-refractivity contribution in [1.82, 2.24) is 5.32 Å². The fourth-order valence-electron chi connectivity index (χ4n) is 4.82. The predicted octanol–water partition coefficient (Wildman–Crippen LogP) is 2.16. The molecule has 108 valence electrons. The van der Waals surface area contributed by atoms with Gasteiger partial charge in [0.25, 0.3) is 0 Å². The van der Waals surface area contributed by atoms with E-state index in [1.54, 1.807) is 0 Å². The van der Waals surface area contributed by atoms with Gasteiger partial charge in [-0.3, -0.25) is 4.79 Å². The van der Waals surface area contributed by atoms with Gasteiger partial charge in [-0.05, 0) is 54.8 Å². The molecule has 0 saturated heterocycles. The van der Waals surface area contributed by atoms with Crippen LogP contribution in [0.25, 0.3) is 0 Å². The molecule has 5 unspecified atom stereocenters. The lowest BCUT2D eigenvalue weighted by Crippen LogP contribution is -2.39. The van der Waals surface area contributed by atoms with Crippen LogP contribution < -0.4 is 11.1 Å². The van der Waals surface area contributed by atoms with Crippen molar-refractivity contribution in [3.63, 3.8) is 0 Å². The molecule has 3 aliphatic carbocycles. The highest BCUT2D eigenvalue weighted by Crippen LogP contribution is 2.65. The summed E-state index contributed by atoms with van der Waals surface area (Å²) in [5.41, 5.74) is 5.97. The van der Waals surface area contributed by atoms with Gasteiger partial charge in [0.2, 0.25) is 5.91 Å². The van der Waals surface area contributed by atoms with E-state index in [1.165, 1.54) is 19.3 Å². The van der Waals surface area contributed by atoms with Crippen molar-refractivity contribution in [2.45, 2.75) is 52.5 Å². The molecule has 3 rings (SSSR count). The van der Waals surface area contributed by atoms with Crippen LogP contribution in [0.5, 0.6) is 0 Å². The Morgan fingerprint density at radius 3 is 2.32 bits per heavy atom. The van der Waals surface area contributed by atoms with Gasteiger partial charge >= 0.3 is 0 Å². The highest BCUT2D eigenvalue weighted by molar-refractivity contribution is 5.79. The van der Waals surface area contributed by atoms with E-state index >= 15 is 0 Å². The predicted molar refractivity (Wildman–Crippen MR) is 76.4 cm³/mol. The van der Waals surface area contributed by atoms with Crippen LogP contribution in [-0.2, 0) is 4.79 Å². The van der Waals surface area contributed by atoms with Crippen molar-refractivity contribution in [2.24, 2.45) is 40.7 Å².